The van der Waals surface area contributed by atoms with Crippen LogP contribution in [0, 0.1) is 6.92 Å². The van der Waals surface area contributed by atoms with Crippen molar-refractivity contribution in [2.24, 2.45) is 0 Å². The van der Waals surface area contributed by atoms with Crippen molar-refractivity contribution in [2.75, 3.05) is 11.5 Å². The average molecular weight is 203 g/mol. The SMILES string of the molecule is [CH2]CS(=O)(=O)CCCC(F)(F)F. The van der Waals surface area contributed by atoms with Crippen LogP contribution in [-0.4, -0.2) is 26.1 Å². The Morgan fingerprint density at radius 3 is 2.08 bits per heavy atom. The molecule has 0 aliphatic carbocycles. The molecule has 0 aliphatic rings. The molecule has 0 atom stereocenters. The average Bonchev–Trinajstić information content (AvgIpc) is 1.84. The second-order valence-corrected chi connectivity index (χ2v) is 4.67. The zero-order valence-corrected chi connectivity index (χ0v) is 7.21. The van der Waals surface area contributed by atoms with E-state index in [0.29, 0.717) is 0 Å². The molecule has 73 valence electrons. The van der Waals surface area contributed by atoms with Crippen LogP contribution in [0.1, 0.15) is 12.8 Å². The molecule has 0 rings (SSSR count). The van der Waals surface area contributed by atoms with Crippen LogP contribution in [-0.2, 0) is 9.84 Å². The van der Waals surface area contributed by atoms with Gasteiger partial charge in [-0.2, -0.15) is 13.2 Å². The van der Waals surface area contributed by atoms with Crippen molar-refractivity contribution in [3.8, 4) is 0 Å². The first-order valence-corrected chi connectivity index (χ1v) is 5.15. The molecule has 6 heteroatoms. The van der Waals surface area contributed by atoms with Crippen molar-refractivity contribution in [1.29, 1.82) is 0 Å². The Morgan fingerprint density at radius 2 is 1.75 bits per heavy atom. The molecular formula is C6H10F3O2S. The minimum absolute atomic E-state index is 0.342. The first-order chi connectivity index (χ1) is 5.27. The van der Waals surface area contributed by atoms with Crippen molar-refractivity contribution in [1.82, 2.24) is 0 Å². The number of alkyl halides is 3. The summed E-state index contributed by atoms with van der Waals surface area (Å²) >= 11 is 0. The molecule has 0 saturated heterocycles. The number of halogens is 3. The fraction of sp³-hybridized carbons (Fsp3) is 0.833. The highest BCUT2D eigenvalue weighted by Crippen LogP contribution is 2.21. The van der Waals surface area contributed by atoms with Crippen LogP contribution in [0.4, 0.5) is 13.2 Å². The van der Waals surface area contributed by atoms with Crippen molar-refractivity contribution in [2.45, 2.75) is 19.0 Å². The fourth-order valence-corrected chi connectivity index (χ4v) is 1.38. The molecule has 2 nitrogen and oxygen atoms in total. The maximum Gasteiger partial charge on any atom is 0.389 e. The largest absolute Gasteiger partial charge is 0.389 e. The van der Waals surface area contributed by atoms with E-state index in [0.717, 1.165) is 0 Å². The summed E-state index contributed by atoms with van der Waals surface area (Å²) in [7, 11) is -3.35. The molecule has 0 spiro atoms. The lowest BCUT2D eigenvalue weighted by molar-refractivity contribution is -0.134. The van der Waals surface area contributed by atoms with Gasteiger partial charge in [0.05, 0.1) is 11.5 Å². The van der Waals surface area contributed by atoms with E-state index >= 15 is 0 Å². The van der Waals surface area contributed by atoms with Gasteiger partial charge in [-0.1, -0.05) is 0 Å². The second kappa shape index (κ2) is 4.11. The summed E-state index contributed by atoms with van der Waals surface area (Å²) in [6.07, 6.45) is -5.69. The lowest BCUT2D eigenvalue weighted by Crippen LogP contribution is -2.13. The monoisotopic (exact) mass is 203 g/mol. The van der Waals surface area contributed by atoms with Crippen LogP contribution in [0.15, 0.2) is 0 Å². The second-order valence-electron chi connectivity index (χ2n) is 2.37. The zero-order chi connectivity index (χ0) is 9.83. The quantitative estimate of drug-likeness (QED) is 0.695. The molecule has 0 heterocycles. The lowest BCUT2D eigenvalue weighted by Gasteiger charge is -2.04. The Kier molecular flexibility index (Phi) is 4.02. The van der Waals surface area contributed by atoms with Gasteiger partial charge >= 0.3 is 6.18 Å². The summed E-state index contributed by atoms with van der Waals surface area (Å²) in [5.41, 5.74) is 0. The normalized spacial score (nSPS) is 13.3. The third-order valence-corrected chi connectivity index (χ3v) is 2.76. The highest BCUT2D eigenvalue weighted by atomic mass is 32.2. The van der Waals surface area contributed by atoms with E-state index in [1.165, 1.54) is 0 Å². The van der Waals surface area contributed by atoms with Gasteiger partial charge in [0.2, 0.25) is 0 Å². The van der Waals surface area contributed by atoms with E-state index in [9.17, 15) is 21.6 Å². The predicted molar refractivity (Wildman–Crippen MR) is 39.3 cm³/mol. The van der Waals surface area contributed by atoms with Gasteiger partial charge in [0.25, 0.3) is 0 Å². The Labute approximate surface area is 69.7 Å². The molecule has 0 amide bonds. The molecule has 12 heavy (non-hydrogen) atoms. The van der Waals surface area contributed by atoms with Gasteiger partial charge in [0.1, 0.15) is 9.84 Å². The maximum atomic E-state index is 11.5. The van der Waals surface area contributed by atoms with E-state index in [-0.39, 0.29) is 12.2 Å². The molecule has 0 aromatic carbocycles. The van der Waals surface area contributed by atoms with Crippen LogP contribution >= 0.6 is 0 Å². The third-order valence-electron chi connectivity index (χ3n) is 1.23. The zero-order valence-electron chi connectivity index (χ0n) is 6.39. The van der Waals surface area contributed by atoms with E-state index in [1.54, 1.807) is 0 Å². The molecule has 1 radical (unpaired) electrons. The van der Waals surface area contributed by atoms with Crippen molar-refractivity contribution in [3.63, 3.8) is 0 Å². The van der Waals surface area contributed by atoms with Crippen LogP contribution in [0.5, 0.6) is 0 Å². The van der Waals surface area contributed by atoms with Crippen LogP contribution < -0.4 is 0 Å². The molecule has 0 fully saturated rings. The van der Waals surface area contributed by atoms with Gasteiger partial charge in [0, 0.05) is 6.42 Å². The fourth-order valence-electron chi connectivity index (χ4n) is 0.595. The molecule has 0 aromatic heterocycles. The van der Waals surface area contributed by atoms with Gasteiger partial charge < -0.3 is 0 Å². The molecule has 0 saturated carbocycles. The minimum Gasteiger partial charge on any atom is -0.229 e. The molecular weight excluding hydrogens is 193 g/mol. The first kappa shape index (κ1) is 11.7. The lowest BCUT2D eigenvalue weighted by atomic mass is 10.3. The number of hydrogen-bond donors (Lipinski definition) is 0. The van der Waals surface area contributed by atoms with E-state index < -0.39 is 28.2 Å². The van der Waals surface area contributed by atoms with Gasteiger partial charge in [-0.25, -0.2) is 8.42 Å². The van der Waals surface area contributed by atoms with Gasteiger partial charge in [-0.05, 0) is 13.3 Å². The summed E-state index contributed by atoms with van der Waals surface area (Å²) in [4.78, 5) is 0. The number of hydrogen-bond acceptors (Lipinski definition) is 2. The molecule has 0 aliphatic heterocycles. The summed E-state index contributed by atoms with van der Waals surface area (Å²) in [6, 6.07) is 0. The summed E-state index contributed by atoms with van der Waals surface area (Å²) in [5, 5.41) is 0. The summed E-state index contributed by atoms with van der Waals surface area (Å²) in [6.45, 7) is 3.10. The van der Waals surface area contributed by atoms with Crippen LogP contribution in [0.25, 0.3) is 0 Å². The molecule has 0 N–H and O–H groups in total. The van der Waals surface area contributed by atoms with Crippen molar-refractivity contribution >= 4 is 9.84 Å². The topological polar surface area (TPSA) is 34.1 Å². The molecule has 0 unspecified atom stereocenters. The summed E-state index contributed by atoms with van der Waals surface area (Å²) < 4.78 is 55.9. The van der Waals surface area contributed by atoms with Gasteiger partial charge in [-0.3, -0.25) is 0 Å². The van der Waals surface area contributed by atoms with Gasteiger partial charge in [-0.15, -0.1) is 0 Å². The van der Waals surface area contributed by atoms with Crippen LogP contribution in [0.3, 0.4) is 0 Å². The first-order valence-electron chi connectivity index (χ1n) is 3.33. The van der Waals surface area contributed by atoms with Gasteiger partial charge in [0.15, 0.2) is 0 Å². The molecule has 0 bridgehead atoms. The van der Waals surface area contributed by atoms with E-state index in [2.05, 4.69) is 6.92 Å². The minimum atomic E-state index is -4.27. The highest BCUT2D eigenvalue weighted by Gasteiger charge is 2.27. The van der Waals surface area contributed by atoms with E-state index in [1.807, 2.05) is 0 Å². The Balaban J connectivity index is 3.73. The van der Waals surface area contributed by atoms with Crippen molar-refractivity contribution in [3.05, 3.63) is 6.92 Å². The van der Waals surface area contributed by atoms with Crippen LogP contribution in [0.2, 0.25) is 0 Å². The van der Waals surface area contributed by atoms with Crippen molar-refractivity contribution < 1.29 is 21.6 Å². The Bertz CT molecular complexity index is 217. The molecule has 0 aromatic rings. The highest BCUT2D eigenvalue weighted by molar-refractivity contribution is 7.91. The number of sulfone groups is 1. The Hall–Kier alpha value is -0.260. The maximum absolute atomic E-state index is 11.5. The van der Waals surface area contributed by atoms with E-state index in [4.69, 9.17) is 0 Å². The number of rotatable bonds is 4. The summed E-state index contributed by atoms with van der Waals surface area (Å²) in [5.74, 6) is -0.777. The Morgan fingerprint density at radius 1 is 1.25 bits per heavy atom. The standard InChI is InChI=1S/C6H10F3O2S/c1-2-12(10,11)5-3-4-6(7,8)9/h1-5H2. The third kappa shape index (κ3) is 6.45. The predicted octanol–water partition coefficient (Wildman–Crippen LogP) is 1.58. The smallest absolute Gasteiger partial charge is 0.229 e.